The Hall–Kier alpha value is -1.03. The fourth-order valence-electron chi connectivity index (χ4n) is 2.42. The molecular weight excluding hydrogens is 470 g/mol. The van der Waals surface area contributed by atoms with Gasteiger partial charge in [0.15, 0.2) is 5.96 Å². The maximum Gasteiger partial charge on any atom is 0.416 e. The molecule has 8 heteroatoms. The maximum atomic E-state index is 12.9. The van der Waals surface area contributed by atoms with Gasteiger partial charge in [-0.3, -0.25) is 4.99 Å². The molecule has 156 valence electrons. The lowest BCUT2D eigenvalue weighted by molar-refractivity contribution is -0.137. The fourth-order valence-corrected chi connectivity index (χ4v) is 2.42. The Morgan fingerprint density at radius 2 is 1.78 bits per heavy atom. The maximum absolute atomic E-state index is 12.9. The van der Waals surface area contributed by atoms with Crippen LogP contribution >= 0.6 is 24.0 Å². The number of unbranched alkanes of at least 4 members (excludes halogenated alkanes) is 1. The van der Waals surface area contributed by atoms with Gasteiger partial charge in [0, 0.05) is 38.8 Å². The van der Waals surface area contributed by atoms with Crippen molar-refractivity contribution < 1.29 is 17.9 Å². The molecule has 0 aliphatic heterocycles. The number of alkyl halides is 3. The van der Waals surface area contributed by atoms with Crippen molar-refractivity contribution in [2.75, 3.05) is 33.4 Å². The van der Waals surface area contributed by atoms with Crippen LogP contribution in [0.4, 0.5) is 13.2 Å². The zero-order chi connectivity index (χ0) is 19.6. The smallest absolute Gasteiger partial charge is 0.382 e. The molecule has 0 aromatic heterocycles. The van der Waals surface area contributed by atoms with E-state index in [2.05, 4.69) is 15.6 Å². The number of ether oxygens (including phenoxy) is 1. The predicted octanol–water partition coefficient (Wildman–Crippen LogP) is 4.58. The molecule has 0 radical (unpaired) electrons. The van der Waals surface area contributed by atoms with Crippen molar-refractivity contribution in [3.8, 4) is 0 Å². The minimum absolute atomic E-state index is 0. The topological polar surface area (TPSA) is 45.6 Å². The number of hydrogen-bond acceptors (Lipinski definition) is 2. The van der Waals surface area contributed by atoms with Gasteiger partial charge in [-0.05, 0) is 31.4 Å². The summed E-state index contributed by atoms with van der Waals surface area (Å²) in [6, 6.07) is 5.48. The highest BCUT2D eigenvalue weighted by molar-refractivity contribution is 14.0. The summed E-state index contributed by atoms with van der Waals surface area (Å²) in [7, 11) is 1.67. The van der Waals surface area contributed by atoms with Crippen molar-refractivity contribution in [1.82, 2.24) is 10.6 Å². The average Bonchev–Trinajstić information content (AvgIpc) is 2.60. The van der Waals surface area contributed by atoms with E-state index in [1.807, 2.05) is 20.8 Å². The highest BCUT2D eigenvalue weighted by atomic mass is 127. The zero-order valence-electron chi connectivity index (χ0n) is 16.4. The molecule has 0 fully saturated rings. The van der Waals surface area contributed by atoms with Crippen LogP contribution < -0.4 is 10.6 Å². The first kappa shape index (κ1) is 26.0. The van der Waals surface area contributed by atoms with Gasteiger partial charge >= 0.3 is 6.18 Å². The Bertz CT molecular complexity index is 578. The van der Waals surface area contributed by atoms with E-state index in [-0.39, 0.29) is 24.0 Å². The Balaban J connectivity index is 0.00000676. The van der Waals surface area contributed by atoms with E-state index in [1.54, 1.807) is 13.1 Å². The summed E-state index contributed by atoms with van der Waals surface area (Å²) in [5.74, 6) is 0.640. The van der Waals surface area contributed by atoms with Gasteiger partial charge in [-0.2, -0.15) is 13.2 Å². The van der Waals surface area contributed by atoms with Crippen LogP contribution in [0.5, 0.6) is 0 Å². The van der Waals surface area contributed by atoms with E-state index in [1.165, 1.54) is 12.1 Å². The van der Waals surface area contributed by atoms with E-state index in [4.69, 9.17) is 4.74 Å². The molecule has 2 N–H and O–H groups in total. The lowest BCUT2D eigenvalue weighted by atomic mass is 9.84. The molecule has 0 heterocycles. The van der Waals surface area contributed by atoms with Gasteiger partial charge in [0.2, 0.25) is 0 Å². The van der Waals surface area contributed by atoms with E-state index in [0.29, 0.717) is 18.1 Å². The second kappa shape index (κ2) is 12.4. The van der Waals surface area contributed by atoms with Crippen LogP contribution in [0.3, 0.4) is 0 Å². The number of benzene rings is 1. The van der Waals surface area contributed by atoms with Crippen molar-refractivity contribution in [1.29, 1.82) is 0 Å². The highest BCUT2D eigenvalue weighted by Crippen LogP contribution is 2.32. The molecule has 0 unspecified atom stereocenters. The van der Waals surface area contributed by atoms with Crippen molar-refractivity contribution in [3.63, 3.8) is 0 Å². The molecule has 0 spiro atoms. The SMILES string of the molecule is CCOCCCCNC(=NC)NCC(C)(C)c1cccc(C(F)(F)F)c1.I. The molecule has 4 nitrogen and oxygen atoms in total. The first-order chi connectivity index (χ1) is 12.2. The first-order valence-electron chi connectivity index (χ1n) is 8.90. The minimum Gasteiger partial charge on any atom is -0.382 e. The Morgan fingerprint density at radius 1 is 1.11 bits per heavy atom. The third-order valence-corrected chi connectivity index (χ3v) is 4.10. The molecule has 0 aliphatic rings. The number of hydrogen-bond donors (Lipinski definition) is 2. The summed E-state index contributed by atoms with van der Waals surface area (Å²) in [5, 5.41) is 6.40. The molecule has 0 aliphatic carbocycles. The van der Waals surface area contributed by atoms with Gasteiger partial charge in [-0.1, -0.05) is 32.0 Å². The van der Waals surface area contributed by atoms with Crippen molar-refractivity contribution in [2.45, 2.75) is 45.2 Å². The number of aliphatic imine (C=N–C) groups is 1. The Labute approximate surface area is 177 Å². The standard InChI is InChI=1S/C19H30F3N3O.HI/c1-5-26-12-7-6-11-24-17(23-4)25-14-18(2,3)15-9-8-10-16(13-15)19(20,21)22;/h8-10,13H,5-7,11-12,14H2,1-4H3,(H2,23,24,25);1H. The van der Waals surface area contributed by atoms with Crippen LogP contribution in [0.2, 0.25) is 0 Å². The number of nitrogens with zero attached hydrogens (tertiary/aromatic N) is 1. The van der Waals surface area contributed by atoms with Gasteiger partial charge in [-0.15, -0.1) is 24.0 Å². The first-order valence-corrected chi connectivity index (χ1v) is 8.90. The van der Waals surface area contributed by atoms with Gasteiger partial charge in [0.25, 0.3) is 0 Å². The zero-order valence-corrected chi connectivity index (χ0v) is 18.8. The summed E-state index contributed by atoms with van der Waals surface area (Å²) < 4.78 is 44.1. The largest absolute Gasteiger partial charge is 0.416 e. The summed E-state index contributed by atoms with van der Waals surface area (Å²) in [6.07, 6.45) is -2.41. The third kappa shape index (κ3) is 9.64. The minimum atomic E-state index is -4.33. The van der Waals surface area contributed by atoms with Crippen LogP contribution in [0.1, 0.15) is 44.7 Å². The van der Waals surface area contributed by atoms with Crippen molar-refractivity contribution >= 4 is 29.9 Å². The predicted molar refractivity (Wildman–Crippen MR) is 115 cm³/mol. The summed E-state index contributed by atoms with van der Waals surface area (Å²) >= 11 is 0. The van der Waals surface area contributed by atoms with Crippen LogP contribution in [0.25, 0.3) is 0 Å². The molecular formula is C19H31F3IN3O. The van der Waals surface area contributed by atoms with E-state index in [9.17, 15) is 13.2 Å². The summed E-state index contributed by atoms with van der Waals surface area (Å²) in [4.78, 5) is 4.16. The van der Waals surface area contributed by atoms with Crippen LogP contribution in [0, 0.1) is 0 Å². The molecule has 0 atom stereocenters. The van der Waals surface area contributed by atoms with Gasteiger partial charge in [0.1, 0.15) is 0 Å². The van der Waals surface area contributed by atoms with Gasteiger partial charge < -0.3 is 15.4 Å². The van der Waals surface area contributed by atoms with Gasteiger partial charge in [0.05, 0.1) is 5.56 Å². The molecule has 1 aromatic rings. The molecule has 1 rings (SSSR count). The monoisotopic (exact) mass is 501 g/mol. The summed E-state index contributed by atoms with van der Waals surface area (Å²) in [6.45, 7) is 8.48. The molecule has 1 aromatic carbocycles. The van der Waals surface area contributed by atoms with E-state index in [0.717, 1.165) is 38.7 Å². The Morgan fingerprint density at radius 3 is 2.37 bits per heavy atom. The molecule has 0 saturated carbocycles. The quantitative estimate of drug-likeness (QED) is 0.225. The van der Waals surface area contributed by atoms with E-state index >= 15 is 0 Å². The Kier molecular flexibility index (Phi) is 12.0. The summed E-state index contributed by atoms with van der Waals surface area (Å²) in [5.41, 5.74) is -0.472. The molecule has 0 amide bonds. The highest BCUT2D eigenvalue weighted by Gasteiger charge is 2.32. The average molecular weight is 501 g/mol. The normalized spacial score (nSPS) is 12.5. The number of guanidine groups is 1. The van der Waals surface area contributed by atoms with Crippen LogP contribution in [-0.2, 0) is 16.3 Å². The number of halogens is 4. The molecule has 0 bridgehead atoms. The van der Waals surface area contributed by atoms with Crippen molar-refractivity contribution in [2.24, 2.45) is 4.99 Å². The second-order valence-corrected chi connectivity index (χ2v) is 6.72. The third-order valence-electron chi connectivity index (χ3n) is 4.10. The second-order valence-electron chi connectivity index (χ2n) is 6.72. The molecule has 0 saturated heterocycles. The number of rotatable bonds is 9. The number of nitrogens with one attached hydrogen (secondary N) is 2. The molecule has 27 heavy (non-hydrogen) atoms. The van der Waals surface area contributed by atoms with Gasteiger partial charge in [-0.25, -0.2) is 0 Å². The lowest BCUT2D eigenvalue weighted by Crippen LogP contribution is -2.43. The lowest BCUT2D eigenvalue weighted by Gasteiger charge is -2.27. The van der Waals surface area contributed by atoms with E-state index < -0.39 is 17.2 Å². The van der Waals surface area contributed by atoms with Crippen LogP contribution in [-0.4, -0.2) is 39.3 Å². The van der Waals surface area contributed by atoms with Crippen molar-refractivity contribution in [3.05, 3.63) is 35.4 Å². The fraction of sp³-hybridized carbons (Fsp3) is 0.632. The van der Waals surface area contributed by atoms with Crippen LogP contribution in [0.15, 0.2) is 29.3 Å².